The van der Waals surface area contributed by atoms with Gasteiger partial charge in [0.15, 0.2) is 0 Å². The van der Waals surface area contributed by atoms with Crippen LogP contribution in [-0.2, 0) is 14.3 Å². The molecule has 1 saturated heterocycles. The number of aliphatic carboxylic acids is 1. The number of carboxylic acids is 1. The van der Waals surface area contributed by atoms with Crippen molar-refractivity contribution >= 4 is 11.9 Å². The van der Waals surface area contributed by atoms with Gasteiger partial charge in [-0.1, -0.05) is 13.8 Å². The van der Waals surface area contributed by atoms with Crippen molar-refractivity contribution < 1.29 is 19.4 Å². The highest BCUT2D eigenvalue weighted by molar-refractivity contribution is 5.84. The average Bonchev–Trinajstić information content (AvgIpc) is 3.08. The first-order valence-electron chi connectivity index (χ1n) is 6.61. The molecule has 5 nitrogen and oxygen atoms in total. The molecule has 0 bridgehead atoms. The largest absolute Gasteiger partial charge is 0.481 e. The Balaban J connectivity index is 1.88. The summed E-state index contributed by atoms with van der Waals surface area (Å²) in [5.74, 6) is -1.17. The molecule has 1 heterocycles. The molecule has 0 aromatic rings. The van der Waals surface area contributed by atoms with Crippen LogP contribution in [0.25, 0.3) is 0 Å². The third-order valence-electron chi connectivity index (χ3n) is 4.23. The van der Waals surface area contributed by atoms with Crippen molar-refractivity contribution in [1.82, 2.24) is 5.32 Å². The lowest BCUT2D eigenvalue weighted by molar-refractivity contribution is -0.146. The minimum absolute atomic E-state index is 0.0634. The van der Waals surface area contributed by atoms with E-state index in [0.29, 0.717) is 18.4 Å². The SMILES string of the molecule is CC(C(=O)O)C(C)C(=O)NC1COCC1C1CC1. The molecule has 2 N–H and O–H groups in total. The highest BCUT2D eigenvalue weighted by atomic mass is 16.5. The van der Waals surface area contributed by atoms with E-state index in [1.54, 1.807) is 13.8 Å². The first-order valence-corrected chi connectivity index (χ1v) is 6.61. The Hall–Kier alpha value is -1.10. The molecule has 1 saturated carbocycles. The van der Waals surface area contributed by atoms with Crippen LogP contribution in [0.3, 0.4) is 0 Å². The lowest BCUT2D eigenvalue weighted by atomic mass is 9.93. The predicted octanol–water partition coefficient (Wildman–Crippen LogP) is 0.884. The number of ether oxygens (including phenoxy) is 1. The molecule has 0 radical (unpaired) electrons. The van der Waals surface area contributed by atoms with Gasteiger partial charge < -0.3 is 15.2 Å². The maximum Gasteiger partial charge on any atom is 0.307 e. The molecule has 4 atom stereocenters. The van der Waals surface area contributed by atoms with Crippen LogP contribution in [0.1, 0.15) is 26.7 Å². The fraction of sp³-hybridized carbons (Fsp3) is 0.846. The smallest absolute Gasteiger partial charge is 0.307 e. The Morgan fingerprint density at radius 2 is 1.89 bits per heavy atom. The van der Waals surface area contributed by atoms with E-state index in [1.807, 2.05) is 0 Å². The van der Waals surface area contributed by atoms with Crippen LogP contribution in [0, 0.1) is 23.7 Å². The van der Waals surface area contributed by atoms with Crippen LogP contribution < -0.4 is 5.32 Å². The molecule has 2 aliphatic rings. The molecule has 1 amide bonds. The van der Waals surface area contributed by atoms with Gasteiger partial charge in [0.2, 0.25) is 5.91 Å². The number of carboxylic acid groups (broad SMARTS) is 1. The van der Waals surface area contributed by atoms with E-state index in [0.717, 1.165) is 6.61 Å². The standard InChI is InChI=1S/C13H21NO4/c1-7(8(2)13(16)17)12(15)14-11-6-18-5-10(11)9-3-4-9/h7-11H,3-6H2,1-2H3,(H,14,15)(H,16,17). The van der Waals surface area contributed by atoms with Crippen LogP contribution in [-0.4, -0.2) is 36.2 Å². The summed E-state index contributed by atoms with van der Waals surface area (Å²) in [5, 5.41) is 11.9. The quantitative estimate of drug-likeness (QED) is 0.765. The van der Waals surface area contributed by atoms with Crippen LogP contribution in [0.4, 0.5) is 0 Å². The summed E-state index contributed by atoms with van der Waals surface area (Å²) in [4.78, 5) is 22.9. The van der Waals surface area contributed by atoms with Crippen molar-refractivity contribution in [3.8, 4) is 0 Å². The zero-order valence-corrected chi connectivity index (χ0v) is 10.9. The van der Waals surface area contributed by atoms with Gasteiger partial charge in [0, 0.05) is 11.8 Å². The van der Waals surface area contributed by atoms with Gasteiger partial charge in [0.05, 0.1) is 25.2 Å². The van der Waals surface area contributed by atoms with E-state index in [1.165, 1.54) is 12.8 Å². The zero-order chi connectivity index (χ0) is 13.3. The maximum absolute atomic E-state index is 12.0. The fourth-order valence-corrected chi connectivity index (χ4v) is 2.46. The van der Waals surface area contributed by atoms with Gasteiger partial charge >= 0.3 is 5.97 Å². The van der Waals surface area contributed by atoms with Crippen molar-refractivity contribution in [1.29, 1.82) is 0 Å². The minimum Gasteiger partial charge on any atom is -0.481 e. The van der Waals surface area contributed by atoms with Crippen LogP contribution in [0.5, 0.6) is 0 Å². The predicted molar refractivity (Wildman–Crippen MR) is 64.9 cm³/mol. The molecular formula is C13H21NO4. The number of hydrogen-bond acceptors (Lipinski definition) is 3. The van der Waals surface area contributed by atoms with Crippen molar-refractivity contribution in [2.45, 2.75) is 32.7 Å². The molecule has 2 fully saturated rings. The molecule has 0 spiro atoms. The van der Waals surface area contributed by atoms with E-state index < -0.39 is 17.8 Å². The lowest BCUT2D eigenvalue weighted by Gasteiger charge is -2.22. The number of hydrogen-bond donors (Lipinski definition) is 2. The second-order valence-corrected chi connectivity index (χ2v) is 5.57. The van der Waals surface area contributed by atoms with Gasteiger partial charge in [0.25, 0.3) is 0 Å². The molecular weight excluding hydrogens is 234 g/mol. The molecule has 5 heteroatoms. The summed E-state index contributed by atoms with van der Waals surface area (Å²) in [7, 11) is 0. The van der Waals surface area contributed by atoms with Crippen LogP contribution >= 0.6 is 0 Å². The number of nitrogens with one attached hydrogen (secondary N) is 1. The molecule has 0 aromatic heterocycles. The van der Waals surface area contributed by atoms with Gasteiger partial charge in [-0.15, -0.1) is 0 Å². The Morgan fingerprint density at radius 1 is 1.22 bits per heavy atom. The van der Waals surface area contributed by atoms with Crippen molar-refractivity contribution in [2.24, 2.45) is 23.7 Å². The molecule has 1 aliphatic carbocycles. The number of carbonyl (C=O) groups excluding carboxylic acids is 1. The van der Waals surface area contributed by atoms with E-state index in [2.05, 4.69) is 5.32 Å². The zero-order valence-electron chi connectivity index (χ0n) is 10.9. The molecule has 1 aliphatic heterocycles. The average molecular weight is 255 g/mol. The fourth-order valence-electron chi connectivity index (χ4n) is 2.46. The summed E-state index contributed by atoms with van der Waals surface area (Å²) in [5.41, 5.74) is 0. The molecule has 18 heavy (non-hydrogen) atoms. The van der Waals surface area contributed by atoms with Gasteiger partial charge in [-0.25, -0.2) is 0 Å². The van der Waals surface area contributed by atoms with E-state index in [-0.39, 0.29) is 11.9 Å². The molecule has 0 aromatic carbocycles. The van der Waals surface area contributed by atoms with Gasteiger partial charge in [-0.3, -0.25) is 9.59 Å². The number of amides is 1. The van der Waals surface area contributed by atoms with Gasteiger partial charge in [-0.05, 0) is 18.8 Å². The first kappa shape index (κ1) is 13.3. The maximum atomic E-state index is 12.0. The van der Waals surface area contributed by atoms with Gasteiger partial charge in [0.1, 0.15) is 0 Å². The van der Waals surface area contributed by atoms with E-state index in [4.69, 9.17) is 9.84 Å². The van der Waals surface area contributed by atoms with E-state index >= 15 is 0 Å². The third kappa shape index (κ3) is 2.83. The Labute approximate surface area is 107 Å². The summed E-state index contributed by atoms with van der Waals surface area (Å²) in [6, 6.07) is 0.0634. The molecule has 2 rings (SSSR count). The summed E-state index contributed by atoms with van der Waals surface area (Å²) >= 11 is 0. The normalized spacial score (nSPS) is 30.8. The molecule has 4 unspecified atom stereocenters. The van der Waals surface area contributed by atoms with Crippen LogP contribution in [0.2, 0.25) is 0 Å². The third-order valence-corrected chi connectivity index (χ3v) is 4.23. The van der Waals surface area contributed by atoms with Gasteiger partial charge in [-0.2, -0.15) is 0 Å². The lowest BCUT2D eigenvalue weighted by Crippen LogP contribution is -2.45. The minimum atomic E-state index is -0.931. The second kappa shape index (κ2) is 5.26. The molecule has 102 valence electrons. The Bertz CT molecular complexity index is 340. The van der Waals surface area contributed by atoms with Crippen molar-refractivity contribution in [3.05, 3.63) is 0 Å². The van der Waals surface area contributed by atoms with Crippen LogP contribution in [0.15, 0.2) is 0 Å². The van der Waals surface area contributed by atoms with E-state index in [9.17, 15) is 9.59 Å². The highest BCUT2D eigenvalue weighted by Gasteiger charge is 2.41. The number of carbonyl (C=O) groups is 2. The first-order chi connectivity index (χ1) is 8.50. The summed E-state index contributed by atoms with van der Waals surface area (Å²) in [6.07, 6.45) is 2.45. The van der Waals surface area contributed by atoms with Crippen molar-refractivity contribution in [3.63, 3.8) is 0 Å². The topological polar surface area (TPSA) is 75.6 Å². The summed E-state index contributed by atoms with van der Waals surface area (Å²) < 4.78 is 5.43. The second-order valence-electron chi connectivity index (χ2n) is 5.57. The Kier molecular flexibility index (Phi) is 3.90. The monoisotopic (exact) mass is 255 g/mol. The van der Waals surface area contributed by atoms with Crippen molar-refractivity contribution in [2.75, 3.05) is 13.2 Å². The number of rotatable bonds is 5. The Morgan fingerprint density at radius 3 is 2.44 bits per heavy atom. The summed E-state index contributed by atoms with van der Waals surface area (Å²) in [6.45, 7) is 4.51. The highest BCUT2D eigenvalue weighted by Crippen LogP contribution is 2.40.